The first-order valence-corrected chi connectivity index (χ1v) is 6.95. The van der Waals surface area contributed by atoms with Crippen LogP contribution >= 0.6 is 0 Å². The lowest BCUT2D eigenvalue weighted by atomic mass is 10.0. The molecule has 4 nitrogen and oxygen atoms in total. The van der Waals surface area contributed by atoms with Crippen LogP contribution in [0.1, 0.15) is 35.3 Å². The van der Waals surface area contributed by atoms with Gasteiger partial charge in [-0.2, -0.15) is 0 Å². The highest BCUT2D eigenvalue weighted by Crippen LogP contribution is 2.23. The molecule has 0 fully saturated rings. The molecular weight excluding hydrogens is 264 g/mol. The number of carbonyl (C=O) groups excluding carboxylic acids is 1. The van der Waals surface area contributed by atoms with E-state index >= 15 is 0 Å². The minimum Gasteiger partial charge on any atom is -0.496 e. The Morgan fingerprint density at radius 1 is 1.24 bits per heavy atom. The first-order valence-electron chi connectivity index (χ1n) is 6.95. The Kier molecular flexibility index (Phi) is 4.82. The van der Waals surface area contributed by atoms with Crippen molar-refractivity contribution in [1.29, 1.82) is 0 Å². The maximum Gasteiger partial charge on any atom is 0.255 e. The molecule has 1 amide bonds. The van der Waals surface area contributed by atoms with Crippen LogP contribution in [0, 0.1) is 0 Å². The number of hydrogen-bond donors (Lipinski definition) is 2. The van der Waals surface area contributed by atoms with Gasteiger partial charge in [0.1, 0.15) is 5.75 Å². The van der Waals surface area contributed by atoms with Crippen molar-refractivity contribution in [1.82, 2.24) is 5.32 Å². The lowest BCUT2D eigenvalue weighted by Gasteiger charge is -2.18. The highest BCUT2D eigenvalue weighted by Gasteiger charge is 2.17. The average Bonchev–Trinajstić information content (AvgIpc) is 2.53. The molecule has 0 spiro atoms. The summed E-state index contributed by atoms with van der Waals surface area (Å²) >= 11 is 0. The SMILES string of the molecule is CCC(NC(=O)c1ccc(N)cc1OC)c1ccccc1. The number of nitrogen functional groups attached to an aromatic ring is 1. The maximum atomic E-state index is 12.4. The summed E-state index contributed by atoms with van der Waals surface area (Å²) in [6, 6.07) is 14.9. The van der Waals surface area contributed by atoms with E-state index in [4.69, 9.17) is 10.5 Å². The molecule has 0 heterocycles. The maximum absolute atomic E-state index is 12.4. The smallest absolute Gasteiger partial charge is 0.255 e. The molecule has 21 heavy (non-hydrogen) atoms. The number of nitrogens with one attached hydrogen (secondary N) is 1. The van der Waals surface area contributed by atoms with Gasteiger partial charge in [0, 0.05) is 11.8 Å². The van der Waals surface area contributed by atoms with E-state index in [1.807, 2.05) is 37.3 Å². The van der Waals surface area contributed by atoms with E-state index in [2.05, 4.69) is 5.32 Å². The molecule has 0 radical (unpaired) electrons. The average molecular weight is 284 g/mol. The summed E-state index contributed by atoms with van der Waals surface area (Å²) in [4.78, 5) is 12.4. The highest BCUT2D eigenvalue weighted by atomic mass is 16.5. The highest BCUT2D eigenvalue weighted by molar-refractivity contribution is 5.97. The van der Waals surface area contributed by atoms with Crippen molar-refractivity contribution in [3.05, 3.63) is 59.7 Å². The van der Waals surface area contributed by atoms with Gasteiger partial charge in [0.2, 0.25) is 0 Å². The third-order valence-electron chi connectivity index (χ3n) is 3.39. The van der Waals surface area contributed by atoms with E-state index in [-0.39, 0.29) is 11.9 Å². The molecular formula is C17H20N2O2. The van der Waals surface area contributed by atoms with Crippen LogP contribution in [0.3, 0.4) is 0 Å². The molecule has 0 saturated carbocycles. The second kappa shape index (κ2) is 6.79. The zero-order valence-corrected chi connectivity index (χ0v) is 12.3. The Bertz CT molecular complexity index is 611. The van der Waals surface area contributed by atoms with Gasteiger partial charge in [0.05, 0.1) is 18.7 Å². The fourth-order valence-electron chi connectivity index (χ4n) is 2.24. The van der Waals surface area contributed by atoms with Crippen LogP contribution in [0.5, 0.6) is 5.75 Å². The van der Waals surface area contributed by atoms with Crippen molar-refractivity contribution in [2.75, 3.05) is 12.8 Å². The van der Waals surface area contributed by atoms with Crippen LogP contribution < -0.4 is 15.8 Å². The Morgan fingerprint density at radius 3 is 2.57 bits per heavy atom. The van der Waals surface area contributed by atoms with Crippen LogP contribution in [0.4, 0.5) is 5.69 Å². The monoisotopic (exact) mass is 284 g/mol. The summed E-state index contributed by atoms with van der Waals surface area (Å²) in [5, 5.41) is 3.03. The van der Waals surface area contributed by atoms with E-state index in [0.717, 1.165) is 12.0 Å². The second-order valence-electron chi connectivity index (χ2n) is 4.80. The van der Waals surface area contributed by atoms with Crippen LogP contribution in [-0.2, 0) is 0 Å². The van der Waals surface area contributed by atoms with Gasteiger partial charge < -0.3 is 15.8 Å². The lowest BCUT2D eigenvalue weighted by molar-refractivity contribution is 0.0932. The molecule has 0 aliphatic heterocycles. The third-order valence-corrected chi connectivity index (χ3v) is 3.39. The lowest BCUT2D eigenvalue weighted by Crippen LogP contribution is -2.28. The number of rotatable bonds is 5. The van der Waals surface area contributed by atoms with E-state index in [9.17, 15) is 4.79 Å². The van der Waals surface area contributed by atoms with Crippen LogP contribution in [0.25, 0.3) is 0 Å². The van der Waals surface area contributed by atoms with E-state index in [1.54, 1.807) is 18.2 Å². The first-order chi connectivity index (χ1) is 10.2. The summed E-state index contributed by atoms with van der Waals surface area (Å²) in [6.07, 6.45) is 0.813. The van der Waals surface area contributed by atoms with Gasteiger partial charge in [-0.3, -0.25) is 4.79 Å². The summed E-state index contributed by atoms with van der Waals surface area (Å²) < 4.78 is 5.23. The van der Waals surface area contributed by atoms with Crippen molar-refractivity contribution in [3.63, 3.8) is 0 Å². The Hall–Kier alpha value is -2.49. The molecule has 0 bridgehead atoms. The van der Waals surface area contributed by atoms with E-state index < -0.39 is 0 Å². The van der Waals surface area contributed by atoms with Crippen LogP contribution in [-0.4, -0.2) is 13.0 Å². The number of methoxy groups -OCH3 is 1. The zero-order chi connectivity index (χ0) is 15.2. The molecule has 0 saturated heterocycles. The number of carbonyl (C=O) groups is 1. The fourth-order valence-corrected chi connectivity index (χ4v) is 2.24. The third kappa shape index (κ3) is 3.54. The van der Waals surface area contributed by atoms with Gasteiger partial charge in [0.25, 0.3) is 5.91 Å². The number of nitrogens with two attached hydrogens (primary N) is 1. The summed E-state index contributed by atoms with van der Waals surface area (Å²) in [7, 11) is 1.53. The summed E-state index contributed by atoms with van der Waals surface area (Å²) in [5.74, 6) is 0.318. The van der Waals surface area contributed by atoms with Crippen molar-refractivity contribution in [2.45, 2.75) is 19.4 Å². The standard InChI is InChI=1S/C17H20N2O2/c1-3-15(12-7-5-4-6-8-12)19-17(20)14-10-9-13(18)11-16(14)21-2/h4-11,15H,3,18H2,1-2H3,(H,19,20). The molecule has 3 N–H and O–H groups in total. The molecule has 2 aromatic rings. The molecule has 2 rings (SSSR count). The first kappa shape index (κ1) is 14.9. The predicted octanol–water partition coefficient (Wildman–Crippen LogP) is 3.16. The number of ether oxygens (including phenoxy) is 1. The fraction of sp³-hybridized carbons (Fsp3) is 0.235. The quantitative estimate of drug-likeness (QED) is 0.829. The van der Waals surface area contributed by atoms with E-state index in [0.29, 0.717) is 17.0 Å². The minimum atomic E-state index is -0.164. The molecule has 2 aromatic carbocycles. The molecule has 0 aromatic heterocycles. The van der Waals surface area contributed by atoms with Crippen molar-refractivity contribution >= 4 is 11.6 Å². The molecule has 0 aliphatic carbocycles. The van der Waals surface area contributed by atoms with Crippen molar-refractivity contribution in [2.24, 2.45) is 0 Å². The Morgan fingerprint density at radius 2 is 1.95 bits per heavy atom. The van der Waals surface area contributed by atoms with Crippen molar-refractivity contribution < 1.29 is 9.53 Å². The van der Waals surface area contributed by atoms with Crippen LogP contribution in [0.15, 0.2) is 48.5 Å². The topological polar surface area (TPSA) is 64.4 Å². The molecule has 4 heteroatoms. The number of amides is 1. The summed E-state index contributed by atoms with van der Waals surface area (Å²) in [6.45, 7) is 2.04. The molecule has 1 unspecified atom stereocenters. The van der Waals surface area contributed by atoms with Gasteiger partial charge in [-0.05, 0) is 24.1 Å². The van der Waals surface area contributed by atoms with Gasteiger partial charge in [-0.1, -0.05) is 37.3 Å². The van der Waals surface area contributed by atoms with Gasteiger partial charge in [0.15, 0.2) is 0 Å². The van der Waals surface area contributed by atoms with Crippen molar-refractivity contribution in [3.8, 4) is 5.75 Å². The number of hydrogen-bond acceptors (Lipinski definition) is 3. The minimum absolute atomic E-state index is 0.0269. The Labute approximate surface area is 124 Å². The molecule has 0 aliphatic rings. The van der Waals surface area contributed by atoms with Crippen LogP contribution in [0.2, 0.25) is 0 Å². The Balaban J connectivity index is 2.21. The summed E-state index contributed by atoms with van der Waals surface area (Å²) in [5.41, 5.74) is 7.85. The second-order valence-corrected chi connectivity index (χ2v) is 4.80. The molecule has 1 atom stereocenters. The van der Waals surface area contributed by atoms with Gasteiger partial charge >= 0.3 is 0 Å². The number of anilines is 1. The number of benzene rings is 2. The molecule has 110 valence electrons. The van der Waals surface area contributed by atoms with Gasteiger partial charge in [-0.25, -0.2) is 0 Å². The zero-order valence-electron chi connectivity index (χ0n) is 12.3. The largest absolute Gasteiger partial charge is 0.496 e. The normalized spacial score (nSPS) is 11.7. The van der Waals surface area contributed by atoms with Gasteiger partial charge in [-0.15, -0.1) is 0 Å². The van der Waals surface area contributed by atoms with E-state index in [1.165, 1.54) is 7.11 Å². The predicted molar refractivity (Wildman–Crippen MR) is 84.3 cm³/mol.